The summed E-state index contributed by atoms with van der Waals surface area (Å²) in [4.78, 5) is 13.4. The average molecular weight is 204 g/mol. The summed E-state index contributed by atoms with van der Waals surface area (Å²) in [6.07, 6.45) is 12.7. The van der Waals surface area contributed by atoms with Gasteiger partial charge in [-0.3, -0.25) is 10.1 Å². The van der Waals surface area contributed by atoms with Crippen molar-refractivity contribution in [2.24, 2.45) is 5.92 Å². The Balaban J connectivity index is 2.30. The van der Waals surface area contributed by atoms with Crippen molar-refractivity contribution in [2.75, 3.05) is 26.2 Å². The second-order valence-corrected chi connectivity index (χ2v) is 3.73. The highest BCUT2D eigenvalue weighted by Gasteiger charge is 2.25. The molecular formula is C12H16N2O. The van der Waals surface area contributed by atoms with Crippen LogP contribution in [0.1, 0.15) is 12.8 Å². The molecule has 0 aromatic carbocycles. The van der Waals surface area contributed by atoms with Crippen LogP contribution < -0.4 is 5.32 Å². The molecule has 0 saturated heterocycles. The van der Waals surface area contributed by atoms with Crippen LogP contribution in [0.3, 0.4) is 0 Å². The van der Waals surface area contributed by atoms with Gasteiger partial charge in [0.25, 0.3) is 0 Å². The summed E-state index contributed by atoms with van der Waals surface area (Å²) >= 11 is 0. The molecule has 0 spiro atoms. The molecule has 1 N–H and O–H groups in total. The van der Waals surface area contributed by atoms with Gasteiger partial charge < -0.3 is 4.90 Å². The lowest BCUT2D eigenvalue weighted by atomic mass is 10.3. The van der Waals surface area contributed by atoms with Gasteiger partial charge in [0.15, 0.2) is 0 Å². The minimum absolute atomic E-state index is 0.0371. The average Bonchev–Trinajstić information content (AvgIpc) is 3.01. The lowest BCUT2D eigenvalue weighted by Crippen LogP contribution is -2.39. The highest BCUT2D eigenvalue weighted by Crippen LogP contribution is 2.29. The van der Waals surface area contributed by atoms with Gasteiger partial charge in [0.2, 0.25) is 5.91 Å². The summed E-state index contributed by atoms with van der Waals surface area (Å²) in [6, 6.07) is 0. The van der Waals surface area contributed by atoms with Gasteiger partial charge in [-0.1, -0.05) is 11.8 Å². The third kappa shape index (κ3) is 4.54. The van der Waals surface area contributed by atoms with Crippen molar-refractivity contribution in [3.63, 3.8) is 0 Å². The molecule has 0 aromatic heterocycles. The van der Waals surface area contributed by atoms with Gasteiger partial charge in [0.1, 0.15) is 0 Å². The Morgan fingerprint density at radius 2 is 2.13 bits per heavy atom. The van der Waals surface area contributed by atoms with E-state index >= 15 is 0 Å². The van der Waals surface area contributed by atoms with Crippen LogP contribution in [0.4, 0.5) is 0 Å². The molecule has 1 saturated carbocycles. The van der Waals surface area contributed by atoms with Gasteiger partial charge in [-0.2, -0.15) is 0 Å². The van der Waals surface area contributed by atoms with Gasteiger partial charge in [0, 0.05) is 6.54 Å². The number of hydrogen-bond donors (Lipinski definition) is 1. The highest BCUT2D eigenvalue weighted by molar-refractivity contribution is 5.78. The summed E-state index contributed by atoms with van der Waals surface area (Å²) < 4.78 is 0. The van der Waals surface area contributed by atoms with Crippen molar-refractivity contribution in [1.29, 1.82) is 0 Å². The van der Waals surface area contributed by atoms with E-state index in [4.69, 9.17) is 12.8 Å². The zero-order valence-corrected chi connectivity index (χ0v) is 8.83. The Morgan fingerprint density at radius 1 is 1.40 bits per heavy atom. The SMILES string of the molecule is C#CCNCC(=O)N(CC#C)CC1CC1. The maximum absolute atomic E-state index is 11.7. The fourth-order valence-corrected chi connectivity index (χ4v) is 1.33. The zero-order chi connectivity index (χ0) is 11.1. The van der Waals surface area contributed by atoms with Crippen molar-refractivity contribution in [3.8, 4) is 24.7 Å². The van der Waals surface area contributed by atoms with Crippen LogP contribution in [0, 0.1) is 30.6 Å². The molecule has 0 aliphatic heterocycles. The van der Waals surface area contributed by atoms with E-state index in [-0.39, 0.29) is 12.5 Å². The van der Waals surface area contributed by atoms with E-state index in [1.54, 1.807) is 4.90 Å². The molecule has 3 nitrogen and oxygen atoms in total. The predicted octanol–water partition coefficient (Wildman–Crippen LogP) is 0.0810. The first-order valence-corrected chi connectivity index (χ1v) is 5.13. The highest BCUT2D eigenvalue weighted by atomic mass is 16.2. The van der Waals surface area contributed by atoms with Crippen molar-refractivity contribution < 1.29 is 4.79 Å². The first-order chi connectivity index (χ1) is 7.27. The van der Waals surface area contributed by atoms with Crippen LogP contribution in [0.15, 0.2) is 0 Å². The van der Waals surface area contributed by atoms with Crippen LogP contribution in [0.5, 0.6) is 0 Å². The Labute approximate surface area is 91.2 Å². The number of amides is 1. The Kier molecular flexibility index (Phi) is 4.74. The summed E-state index contributed by atoms with van der Waals surface area (Å²) in [5.74, 6) is 5.63. The second kappa shape index (κ2) is 6.11. The first kappa shape index (κ1) is 11.6. The lowest BCUT2D eigenvalue weighted by molar-refractivity contribution is -0.129. The molecule has 1 amide bonds. The number of rotatable bonds is 6. The van der Waals surface area contributed by atoms with Crippen LogP contribution in [0.2, 0.25) is 0 Å². The number of nitrogens with one attached hydrogen (secondary N) is 1. The van der Waals surface area contributed by atoms with Gasteiger partial charge in [-0.05, 0) is 18.8 Å². The molecule has 0 aromatic rings. The van der Waals surface area contributed by atoms with E-state index in [1.807, 2.05) is 0 Å². The van der Waals surface area contributed by atoms with E-state index < -0.39 is 0 Å². The number of nitrogens with zero attached hydrogens (tertiary/aromatic N) is 1. The molecular weight excluding hydrogens is 188 g/mol. The van der Waals surface area contributed by atoms with Crippen molar-refractivity contribution >= 4 is 5.91 Å². The fourth-order valence-electron chi connectivity index (χ4n) is 1.33. The first-order valence-electron chi connectivity index (χ1n) is 5.13. The van der Waals surface area contributed by atoms with Crippen molar-refractivity contribution in [1.82, 2.24) is 10.2 Å². The summed E-state index contributed by atoms with van der Waals surface area (Å²) in [5.41, 5.74) is 0. The normalized spacial score (nSPS) is 14.0. The molecule has 1 fully saturated rings. The monoisotopic (exact) mass is 204 g/mol. The molecule has 1 aliphatic rings. The third-order valence-electron chi connectivity index (χ3n) is 2.31. The molecule has 15 heavy (non-hydrogen) atoms. The van der Waals surface area contributed by atoms with Gasteiger partial charge in [0.05, 0.1) is 19.6 Å². The summed E-state index contributed by atoms with van der Waals surface area (Å²) in [7, 11) is 0. The molecule has 3 heteroatoms. The minimum Gasteiger partial charge on any atom is -0.330 e. The predicted molar refractivity (Wildman–Crippen MR) is 59.8 cm³/mol. The number of terminal acetylenes is 2. The largest absolute Gasteiger partial charge is 0.330 e. The quantitative estimate of drug-likeness (QED) is 0.491. The maximum atomic E-state index is 11.7. The minimum atomic E-state index is 0.0371. The van der Waals surface area contributed by atoms with Gasteiger partial charge in [-0.15, -0.1) is 12.8 Å². The lowest BCUT2D eigenvalue weighted by Gasteiger charge is -2.19. The Hall–Kier alpha value is -1.45. The Bertz CT molecular complexity index is 294. The molecule has 1 rings (SSSR count). The smallest absolute Gasteiger partial charge is 0.237 e. The maximum Gasteiger partial charge on any atom is 0.237 e. The van der Waals surface area contributed by atoms with E-state index in [2.05, 4.69) is 17.2 Å². The van der Waals surface area contributed by atoms with E-state index in [0.29, 0.717) is 19.0 Å². The summed E-state index contributed by atoms with van der Waals surface area (Å²) in [5, 5.41) is 2.87. The van der Waals surface area contributed by atoms with Crippen LogP contribution in [-0.4, -0.2) is 37.0 Å². The van der Waals surface area contributed by atoms with E-state index in [1.165, 1.54) is 12.8 Å². The van der Waals surface area contributed by atoms with Crippen LogP contribution >= 0.6 is 0 Å². The second-order valence-electron chi connectivity index (χ2n) is 3.73. The van der Waals surface area contributed by atoms with E-state index in [0.717, 1.165) is 6.54 Å². The Morgan fingerprint density at radius 3 is 2.67 bits per heavy atom. The third-order valence-corrected chi connectivity index (χ3v) is 2.31. The van der Waals surface area contributed by atoms with Gasteiger partial charge in [-0.25, -0.2) is 0 Å². The topological polar surface area (TPSA) is 32.3 Å². The zero-order valence-electron chi connectivity index (χ0n) is 8.83. The van der Waals surface area contributed by atoms with Crippen LogP contribution in [-0.2, 0) is 4.79 Å². The molecule has 0 heterocycles. The van der Waals surface area contributed by atoms with Crippen molar-refractivity contribution in [2.45, 2.75) is 12.8 Å². The fraction of sp³-hybridized carbons (Fsp3) is 0.583. The molecule has 0 unspecified atom stereocenters. The van der Waals surface area contributed by atoms with Gasteiger partial charge >= 0.3 is 0 Å². The standard InChI is InChI=1S/C12H16N2O/c1-3-7-13-9-12(15)14(8-4-2)10-11-5-6-11/h1-2,11,13H,5-10H2. The summed E-state index contributed by atoms with van der Waals surface area (Å²) in [6.45, 7) is 1.88. The number of carbonyl (C=O) groups excluding carboxylic acids is 1. The molecule has 0 radical (unpaired) electrons. The van der Waals surface area contributed by atoms with Crippen LogP contribution in [0.25, 0.3) is 0 Å². The molecule has 1 aliphatic carbocycles. The van der Waals surface area contributed by atoms with E-state index in [9.17, 15) is 4.79 Å². The molecule has 0 atom stereocenters. The molecule has 0 bridgehead atoms. The molecule has 80 valence electrons. The number of hydrogen-bond acceptors (Lipinski definition) is 2. The van der Waals surface area contributed by atoms with Crippen molar-refractivity contribution in [3.05, 3.63) is 0 Å². The number of carbonyl (C=O) groups is 1.